The van der Waals surface area contributed by atoms with E-state index in [9.17, 15) is 13.2 Å². The maximum Gasteiger partial charge on any atom is 0.250 e. The number of ether oxygens (including phenoxy) is 1. The number of carbonyl (C=O) groups excluding carboxylic acids is 1. The SMILES string of the molecule is CCOc1ccc(/C=C/C(=O)NC(=S)Nc2ccc(S(=O)(=O)N3CCCCCC3)cc2)cc1. The lowest BCUT2D eigenvalue weighted by Gasteiger charge is -2.20. The molecular formula is C24H29N3O4S2. The first-order valence-corrected chi connectivity index (χ1v) is 12.9. The minimum Gasteiger partial charge on any atom is -0.494 e. The number of anilines is 1. The summed E-state index contributed by atoms with van der Waals surface area (Å²) < 4.78 is 32.7. The van der Waals surface area contributed by atoms with Gasteiger partial charge in [-0.05, 0) is 80.0 Å². The van der Waals surface area contributed by atoms with Crippen molar-refractivity contribution < 1.29 is 17.9 Å². The molecule has 0 aliphatic carbocycles. The molecule has 2 aromatic rings. The van der Waals surface area contributed by atoms with Crippen LogP contribution in [0.5, 0.6) is 5.75 Å². The molecule has 0 saturated carbocycles. The Bertz CT molecular complexity index is 1070. The van der Waals surface area contributed by atoms with E-state index in [1.165, 1.54) is 6.08 Å². The van der Waals surface area contributed by atoms with Gasteiger partial charge in [-0.2, -0.15) is 4.31 Å². The second-order valence-electron chi connectivity index (χ2n) is 7.62. The van der Waals surface area contributed by atoms with Gasteiger partial charge in [0.1, 0.15) is 5.75 Å². The molecule has 0 atom stereocenters. The molecule has 1 aliphatic heterocycles. The van der Waals surface area contributed by atoms with Crippen molar-refractivity contribution in [3.8, 4) is 5.75 Å². The second-order valence-corrected chi connectivity index (χ2v) is 9.97. The van der Waals surface area contributed by atoms with E-state index >= 15 is 0 Å². The first kappa shape index (κ1) is 24.9. The fourth-order valence-corrected chi connectivity index (χ4v) is 5.21. The smallest absolute Gasteiger partial charge is 0.250 e. The summed E-state index contributed by atoms with van der Waals surface area (Å²) in [6.07, 6.45) is 6.97. The van der Waals surface area contributed by atoms with Gasteiger partial charge in [0.2, 0.25) is 15.9 Å². The highest BCUT2D eigenvalue weighted by Crippen LogP contribution is 2.21. The van der Waals surface area contributed by atoms with Crippen molar-refractivity contribution >= 4 is 45.0 Å². The number of hydrogen-bond donors (Lipinski definition) is 2. The number of rotatable bonds is 7. The van der Waals surface area contributed by atoms with Crippen molar-refractivity contribution in [2.45, 2.75) is 37.5 Å². The number of sulfonamides is 1. The summed E-state index contributed by atoms with van der Waals surface area (Å²) in [4.78, 5) is 12.4. The van der Waals surface area contributed by atoms with E-state index in [1.54, 1.807) is 34.6 Å². The van der Waals surface area contributed by atoms with Gasteiger partial charge in [-0.25, -0.2) is 8.42 Å². The standard InChI is InChI=1S/C24H29N3O4S2/c1-2-31-21-12-7-19(8-13-21)9-16-23(28)26-24(32)25-20-10-14-22(15-11-20)33(29,30)27-17-5-3-4-6-18-27/h7-16H,2-6,17-18H2,1H3,(H2,25,26,28,32)/b16-9+. The van der Waals surface area contributed by atoms with Gasteiger partial charge in [0, 0.05) is 24.9 Å². The van der Waals surface area contributed by atoms with Crippen LogP contribution < -0.4 is 15.4 Å². The van der Waals surface area contributed by atoms with Crippen molar-refractivity contribution in [1.82, 2.24) is 9.62 Å². The van der Waals surface area contributed by atoms with Crippen LogP contribution in [0.25, 0.3) is 6.08 Å². The first-order chi connectivity index (χ1) is 15.9. The molecule has 0 bridgehead atoms. The number of benzene rings is 2. The highest BCUT2D eigenvalue weighted by Gasteiger charge is 2.24. The maximum atomic E-state index is 12.9. The van der Waals surface area contributed by atoms with Gasteiger partial charge in [0.15, 0.2) is 5.11 Å². The third-order valence-electron chi connectivity index (χ3n) is 5.17. The lowest BCUT2D eigenvalue weighted by atomic mass is 10.2. The van der Waals surface area contributed by atoms with Crippen LogP contribution in [0.4, 0.5) is 5.69 Å². The number of hydrogen-bond acceptors (Lipinski definition) is 5. The lowest BCUT2D eigenvalue weighted by Crippen LogP contribution is -2.33. The van der Waals surface area contributed by atoms with E-state index in [4.69, 9.17) is 17.0 Å². The summed E-state index contributed by atoms with van der Waals surface area (Å²) in [5, 5.41) is 5.60. The summed E-state index contributed by atoms with van der Waals surface area (Å²) >= 11 is 5.19. The van der Waals surface area contributed by atoms with Gasteiger partial charge in [0.25, 0.3) is 0 Å². The third kappa shape index (κ3) is 7.38. The largest absolute Gasteiger partial charge is 0.494 e. The molecule has 1 aliphatic rings. The van der Waals surface area contributed by atoms with Crippen molar-refractivity contribution in [3.05, 3.63) is 60.2 Å². The molecule has 9 heteroatoms. The minimum atomic E-state index is -3.50. The average Bonchev–Trinajstić information content (AvgIpc) is 3.09. The van der Waals surface area contributed by atoms with E-state index in [1.807, 2.05) is 31.2 Å². The zero-order chi connectivity index (χ0) is 23.7. The Hall–Kier alpha value is -2.75. The molecule has 0 unspecified atom stereocenters. The van der Waals surface area contributed by atoms with Gasteiger partial charge >= 0.3 is 0 Å². The number of nitrogens with one attached hydrogen (secondary N) is 2. The predicted octanol–water partition coefficient (Wildman–Crippen LogP) is 4.18. The molecule has 0 radical (unpaired) electrons. The summed E-state index contributed by atoms with van der Waals surface area (Å²) in [5.74, 6) is 0.400. The Balaban J connectivity index is 1.53. The molecule has 2 aromatic carbocycles. The Morgan fingerprint density at radius 3 is 2.27 bits per heavy atom. The van der Waals surface area contributed by atoms with E-state index in [-0.39, 0.29) is 15.9 Å². The average molecular weight is 488 g/mol. The van der Waals surface area contributed by atoms with Crippen molar-refractivity contribution in [2.24, 2.45) is 0 Å². The number of carbonyl (C=O) groups is 1. The zero-order valence-electron chi connectivity index (χ0n) is 18.6. The predicted molar refractivity (Wildman–Crippen MR) is 135 cm³/mol. The molecule has 7 nitrogen and oxygen atoms in total. The van der Waals surface area contributed by atoms with Gasteiger partial charge in [0.05, 0.1) is 11.5 Å². The molecule has 1 heterocycles. The Labute approximate surface area is 200 Å². The maximum absolute atomic E-state index is 12.9. The van der Waals surface area contributed by atoms with E-state index in [0.29, 0.717) is 25.4 Å². The topological polar surface area (TPSA) is 87.7 Å². The van der Waals surface area contributed by atoms with Gasteiger partial charge < -0.3 is 10.1 Å². The van der Waals surface area contributed by atoms with Crippen LogP contribution in [-0.4, -0.2) is 43.4 Å². The lowest BCUT2D eigenvalue weighted by molar-refractivity contribution is -0.115. The van der Waals surface area contributed by atoms with E-state index < -0.39 is 10.0 Å². The highest BCUT2D eigenvalue weighted by molar-refractivity contribution is 7.89. The number of thiocarbonyl (C=S) groups is 1. The summed E-state index contributed by atoms with van der Waals surface area (Å²) in [6, 6.07) is 13.8. The van der Waals surface area contributed by atoms with Crippen molar-refractivity contribution in [1.29, 1.82) is 0 Å². The monoisotopic (exact) mass is 487 g/mol. The Morgan fingerprint density at radius 2 is 1.67 bits per heavy atom. The second kappa shape index (κ2) is 11.9. The molecule has 33 heavy (non-hydrogen) atoms. The van der Waals surface area contributed by atoms with E-state index in [0.717, 1.165) is 37.0 Å². The van der Waals surface area contributed by atoms with Crippen LogP contribution in [-0.2, 0) is 14.8 Å². The van der Waals surface area contributed by atoms with Crippen LogP contribution in [0.1, 0.15) is 38.2 Å². The highest BCUT2D eigenvalue weighted by atomic mass is 32.2. The zero-order valence-corrected chi connectivity index (χ0v) is 20.3. The van der Waals surface area contributed by atoms with Crippen LogP contribution in [0.15, 0.2) is 59.5 Å². The molecular weight excluding hydrogens is 458 g/mol. The van der Waals surface area contributed by atoms with Crippen LogP contribution in [0.3, 0.4) is 0 Å². The first-order valence-electron chi connectivity index (χ1n) is 11.0. The molecule has 1 saturated heterocycles. The summed E-state index contributed by atoms with van der Waals surface area (Å²) in [5.41, 5.74) is 1.44. The third-order valence-corrected chi connectivity index (χ3v) is 7.29. The fourth-order valence-electron chi connectivity index (χ4n) is 3.47. The van der Waals surface area contributed by atoms with Crippen molar-refractivity contribution in [3.63, 3.8) is 0 Å². The summed E-state index contributed by atoms with van der Waals surface area (Å²) in [7, 11) is -3.50. The van der Waals surface area contributed by atoms with Gasteiger partial charge in [-0.15, -0.1) is 0 Å². The number of nitrogens with zero attached hydrogens (tertiary/aromatic N) is 1. The van der Waals surface area contributed by atoms with Crippen molar-refractivity contribution in [2.75, 3.05) is 25.0 Å². The minimum absolute atomic E-state index is 0.125. The summed E-state index contributed by atoms with van der Waals surface area (Å²) in [6.45, 7) is 3.63. The van der Waals surface area contributed by atoms with Crippen LogP contribution >= 0.6 is 12.2 Å². The number of amides is 1. The van der Waals surface area contributed by atoms with Gasteiger partial charge in [-0.1, -0.05) is 25.0 Å². The Morgan fingerprint density at radius 1 is 1.03 bits per heavy atom. The molecule has 176 valence electrons. The molecule has 0 aromatic heterocycles. The fraction of sp³-hybridized carbons (Fsp3) is 0.333. The van der Waals surface area contributed by atoms with E-state index in [2.05, 4.69) is 10.6 Å². The Kier molecular flexibility index (Phi) is 8.99. The van der Waals surface area contributed by atoms with Crippen LogP contribution in [0, 0.1) is 0 Å². The van der Waals surface area contributed by atoms with Crippen LogP contribution in [0.2, 0.25) is 0 Å². The molecule has 1 amide bonds. The molecule has 1 fully saturated rings. The molecule has 2 N–H and O–H groups in total. The quantitative estimate of drug-likeness (QED) is 0.450. The van der Waals surface area contributed by atoms with Gasteiger partial charge in [-0.3, -0.25) is 10.1 Å². The molecule has 3 rings (SSSR count). The normalized spacial score (nSPS) is 15.1. The molecule has 0 spiro atoms.